The lowest BCUT2D eigenvalue weighted by Gasteiger charge is -2.27. The Morgan fingerprint density at radius 3 is 2.13 bits per heavy atom. The third-order valence-corrected chi connectivity index (χ3v) is 4.60. The molecule has 0 aliphatic rings. The summed E-state index contributed by atoms with van der Waals surface area (Å²) in [4.78, 5) is 27.2. The van der Waals surface area contributed by atoms with Crippen LogP contribution in [-0.2, 0) is 11.3 Å². The molecular formula is C25H26N2O3. The summed E-state index contributed by atoms with van der Waals surface area (Å²) in [5, 5.41) is 2.90. The van der Waals surface area contributed by atoms with E-state index in [0.29, 0.717) is 17.9 Å². The van der Waals surface area contributed by atoms with Crippen LogP contribution >= 0.6 is 0 Å². The van der Waals surface area contributed by atoms with Gasteiger partial charge in [-0.2, -0.15) is 0 Å². The predicted octanol–water partition coefficient (Wildman–Crippen LogP) is 4.44. The van der Waals surface area contributed by atoms with Gasteiger partial charge in [-0.15, -0.1) is 0 Å². The minimum absolute atomic E-state index is 0.0204. The van der Waals surface area contributed by atoms with Gasteiger partial charge in [0.15, 0.2) is 6.61 Å². The van der Waals surface area contributed by atoms with Crippen molar-refractivity contribution in [2.75, 3.05) is 11.5 Å². The number of amides is 2. The van der Waals surface area contributed by atoms with Gasteiger partial charge in [-0.1, -0.05) is 60.7 Å². The largest absolute Gasteiger partial charge is 0.483 e. The molecule has 0 spiro atoms. The van der Waals surface area contributed by atoms with Crippen LogP contribution in [-0.4, -0.2) is 24.5 Å². The van der Waals surface area contributed by atoms with Crippen molar-refractivity contribution >= 4 is 17.5 Å². The van der Waals surface area contributed by atoms with Crippen LogP contribution in [0.5, 0.6) is 5.75 Å². The quantitative estimate of drug-likeness (QED) is 0.606. The van der Waals surface area contributed by atoms with Gasteiger partial charge in [-0.3, -0.25) is 9.59 Å². The Labute approximate surface area is 177 Å². The van der Waals surface area contributed by atoms with E-state index in [2.05, 4.69) is 5.32 Å². The van der Waals surface area contributed by atoms with Crippen LogP contribution in [0.1, 0.15) is 29.8 Å². The van der Waals surface area contributed by atoms with Gasteiger partial charge >= 0.3 is 0 Å². The Kier molecular flexibility index (Phi) is 7.22. The molecule has 1 N–H and O–H groups in total. The Morgan fingerprint density at radius 2 is 1.47 bits per heavy atom. The Balaban J connectivity index is 1.67. The summed E-state index contributed by atoms with van der Waals surface area (Å²) in [6.45, 7) is 4.17. The number of carbonyl (C=O) groups is 2. The molecule has 0 fully saturated rings. The average Bonchev–Trinajstić information content (AvgIpc) is 2.77. The first-order chi connectivity index (χ1) is 14.6. The first-order valence-electron chi connectivity index (χ1n) is 9.97. The van der Waals surface area contributed by atoms with Crippen molar-refractivity contribution in [3.05, 3.63) is 96.1 Å². The lowest BCUT2D eigenvalue weighted by molar-refractivity contribution is -0.120. The van der Waals surface area contributed by atoms with Crippen molar-refractivity contribution in [1.29, 1.82) is 0 Å². The molecule has 0 heterocycles. The number of hydrogen-bond acceptors (Lipinski definition) is 3. The highest BCUT2D eigenvalue weighted by molar-refractivity contribution is 5.97. The minimum atomic E-state index is -0.245. The summed E-state index contributed by atoms with van der Waals surface area (Å²) in [7, 11) is 0. The van der Waals surface area contributed by atoms with Crippen LogP contribution in [0, 0.1) is 0 Å². The molecule has 0 atom stereocenters. The van der Waals surface area contributed by atoms with Gasteiger partial charge in [-0.25, -0.2) is 0 Å². The van der Waals surface area contributed by atoms with Crippen molar-refractivity contribution < 1.29 is 14.3 Å². The zero-order valence-corrected chi connectivity index (χ0v) is 17.2. The van der Waals surface area contributed by atoms with Gasteiger partial charge in [0, 0.05) is 18.3 Å². The number of anilines is 1. The molecule has 3 aromatic rings. The molecule has 0 saturated heterocycles. The van der Waals surface area contributed by atoms with Crippen molar-refractivity contribution in [3.8, 4) is 5.75 Å². The van der Waals surface area contributed by atoms with Crippen molar-refractivity contribution in [2.45, 2.75) is 26.4 Å². The molecular weight excluding hydrogens is 376 g/mol. The molecule has 2 amide bonds. The molecule has 5 heteroatoms. The van der Waals surface area contributed by atoms with Crippen LogP contribution in [0.25, 0.3) is 0 Å². The summed E-state index contributed by atoms with van der Waals surface area (Å²) >= 11 is 0. The zero-order valence-electron chi connectivity index (χ0n) is 17.2. The third-order valence-electron chi connectivity index (χ3n) is 4.60. The molecule has 0 aromatic heterocycles. The van der Waals surface area contributed by atoms with E-state index in [1.54, 1.807) is 29.2 Å². The Hall–Kier alpha value is -3.60. The van der Waals surface area contributed by atoms with Gasteiger partial charge < -0.3 is 15.0 Å². The van der Waals surface area contributed by atoms with E-state index in [1.807, 2.05) is 74.5 Å². The normalized spacial score (nSPS) is 10.5. The van der Waals surface area contributed by atoms with Gasteiger partial charge in [-0.05, 0) is 43.7 Å². The van der Waals surface area contributed by atoms with E-state index in [4.69, 9.17) is 4.74 Å². The highest BCUT2D eigenvalue weighted by Crippen LogP contribution is 2.20. The highest BCUT2D eigenvalue weighted by atomic mass is 16.5. The van der Waals surface area contributed by atoms with Gasteiger partial charge in [0.05, 0.1) is 5.56 Å². The fraction of sp³-hybridized carbons (Fsp3) is 0.200. The van der Waals surface area contributed by atoms with E-state index in [1.165, 1.54) is 0 Å². The highest BCUT2D eigenvalue weighted by Gasteiger charge is 2.20. The Morgan fingerprint density at radius 1 is 0.867 bits per heavy atom. The van der Waals surface area contributed by atoms with Crippen molar-refractivity contribution in [3.63, 3.8) is 0 Å². The van der Waals surface area contributed by atoms with Crippen molar-refractivity contribution in [1.82, 2.24) is 5.32 Å². The number of nitrogens with zero attached hydrogens (tertiary/aromatic N) is 1. The molecule has 5 nitrogen and oxygen atoms in total. The van der Waals surface area contributed by atoms with Gasteiger partial charge in [0.1, 0.15) is 5.75 Å². The summed E-state index contributed by atoms with van der Waals surface area (Å²) in [6.07, 6.45) is 0. The summed E-state index contributed by atoms with van der Waals surface area (Å²) in [6, 6.07) is 26.1. The summed E-state index contributed by atoms with van der Waals surface area (Å²) in [5.41, 5.74) is 2.22. The molecule has 30 heavy (non-hydrogen) atoms. The standard InChI is InChI=1S/C25H26N2O3/c1-19(2)27(21-13-7-4-8-14-21)24(28)18-30-23-16-10-9-15-22(23)25(29)26-17-20-11-5-3-6-12-20/h3-16,19H,17-18H2,1-2H3,(H,26,29). The topological polar surface area (TPSA) is 58.6 Å². The summed E-state index contributed by atoms with van der Waals surface area (Å²) < 4.78 is 5.77. The minimum Gasteiger partial charge on any atom is -0.483 e. The number of rotatable bonds is 8. The number of ether oxygens (including phenoxy) is 1. The molecule has 154 valence electrons. The fourth-order valence-electron chi connectivity index (χ4n) is 3.18. The molecule has 0 aliphatic carbocycles. The van der Waals surface area contributed by atoms with E-state index < -0.39 is 0 Å². The molecule has 3 aromatic carbocycles. The van der Waals surface area contributed by atoms with E-state index >= 15 is 0 Å². The van der Waals surface area contributed by atoms with Gasteiger partial charge in [0.2, 0.25) is 0 Å². The lowest BCUT2D eigenvalue weighted by Crippen LogP contribution is -2.40. The maximum Gasteiger partial charge on any atom is 0.265 e. The molecule has 0 bridgehead atoms. The SMILES string of the molecule is CC(C)N(C(=O)COc1ccccc1C(=O)NCc1ccccc1)c1ccccc1. The molecule has 0 saturated carbocycles. The second-order valence-electron chi connectivity index (χ2n) is 7.15. The van der Waals surface area contributed by atoms with Crippen molar-refractivity contribution in [2.24, 2.45) is 0 Å². The second kappa shape index (κ2) is 10.3. The maximum absolute atomic E-state index is 12.9. The van der Waals surface area contributed by atoms with Crippen LogP contribution < -0.4 is 15.0 Å². The zero-order chi connectivity index (χ0) is 21.3. The number of para-hydroxylation sites is 2. The van der Waals surface area contributed by atoms with E-state index in [-0.39, 0.29) is 24.5 Å². The smallest absolute Gasteiger partial charge is 0.265 e. The van der Waals surface area contributed by atoms with Gasteiger partial charge in [0.25, 0.3) is 11.8 Å². The van der Waals surface area contributed by atoms with Crippen LogP contribution in [0.2, 0.25) is 0 Å². The second-order valence-corrected chi connectivity index (χ2v) is 7.15. The number of benzene rings is 3. The van der Waals surface area contributed by atoms with E-state index in [0.717, 1.165) is 11.3 Å². The monoisotopic (exact) mass is 402 g/mol. The third kappa shape index (κ3) is 5.47. The molecule has 0 aliphatic heterocycles. The number of hydrogen-bond donors (Lipinski definition) is 1. The predicted molar refractivity (Wildman–Crippen MR) is 119 cm³/mol. The average molecular weight is 402 g/mol. The Bertz CT molecular complexity index is 972. The van der Waals surface area contributed by atoms with Crippen LogP contribution in [0.15, 0.2) is 84.9 Å². The fourth-order valence-corrected chi connectivity index (χ4v) is 3.18. The molecule has 3 rings (SSSR count). The molecule has 0 unspecified atom stereocenters. The maximum atomic E-state index is 12.9. The summed E-state index contributed by atoms with van der Waals surface area (Å²) in [5.74, 6) is -0.0328. The van der Waals surface area contributed by atoms with Crippen LogP contribution in [0.4, 0.5) is 5.69 Å². The lowest BCUT2D eigenvalue weighted by atomic mass is 10.1. The molecule has 0 radical (unpaired) electrons. The first kappa shape index (κ1) is 21.1. The number of nitrogens with one attached hydrogen (secondary N) is 1. The first-order valence-corrected chi connectivity index (χ1v) is 9.97. The number of carbonyl (C=O) groups excluding carboxylic acids is 2. The van der Waals surface area contributed by atoms with E-state index in [9.17, 15) is 9.59 Å². The van der Waals surface area contributed by atoms with Crippen LogP contribution in [0.3, 0.4) is 0 Å².